The predicted molar refractivity (Wildman–Crippen MR) is 65.4 cm³/mol. The molecule has 17 heavy (non-hydrogen) atoms. The molecule has 4 heteroatoms. The zero-order chi connectivity index (χ0) is 12.3. The first-order chi connectivity index (χ1) is 8.15. The average molecular weight is 249 g/mol. The third-order valence-electron chi connectivity index (χ3n) is 2.28. The number of hydrogen-bond donors (Lipinski definition) is 1. The molecule has 2 rings (SSSR count). The molecule has 88 valence electrons. The molecule has 1 N–H and O–H groups in total. The summed E-state index contributed by atoms with van der Waals surface area (Å²) in [6.45, 7) is 1.70. The van der Waals surface area contributed by atoms with Gasteiger partial charge in [-0.3, -0.25) is 0 Å². The Balaban J connectivity index is 2.11. The molecular formula is C13H12FNOS. The summed E-state index contributed by atoms with van der Waals surface area (Å²) < 4.78 is 12.7. The van der Waals surface area contributed by atoms with Gasteiger partial charge in [-0.05, 0) is 42.8 Å². The molecule has 1 unspecified atom stereocenters. The van der Waals surface area contributed by atoms with Crippen LogP contribution in [0.25, 0.3) is 0 Å². The molecule has 0 bridgehead atoms. The normalized spacial score (nSPS) is 12.4. The highest BCUT2D eigenvalue weighted by atomic mass is 32.2. The fourth-order valence-electron chi connectivity index (χ4n) is 1.32. The van der Waals surface area contributed by atoms with Gasteiger partial charge in [0, 0.05) is 11.1 Å². The fraction of sp³-hybridized carbons (Fsp3) is 0.154. The van der Waals surface area contributed by atoms with Gasteiger partial charge in [0.25, 0.3) is 0 Å². The topological polar surface area (TPSA) is 33.1 Å². The van der Waals surface area contributed by atoms with Crippen LogP contribution in [0.5, 0.6) is 0 Å². The largest absolute Gasteiger partial charge is 0.389 e. The van der Waals surface area contributed by atoms with Crippen LogP contribution in [0.1, 0.15) is 18.6 Å². The van der Waals surface area contributed by atoms with Crippen LogP contribution in [-0.2, 0) is 0 Å². The van der Waals surface area contributed by atoms with Crippen molar-refractivity contribution in [3.63, 3.8) is 0 Å². The van der Waals surface area contributed by atoms with Crippen molar-refractivity contribution in [2.45, 2.75) is 22.9 Å². The van der Waals surface area contributed by atoms with Crippen molar-refractivity contribution < 1.29 is 9.50 Å². The molecule has 1 atom stereocenters. The number of aromatic nitrogens is 1. The highest BCUT2D eigenvalue weighted by Crippen LogP contribution is 2.26. The quantitative estimate of drug-likeness (QED) is 0.904. The first-order valence-electron chi connectivity index (χ1n) is 5.22. The summed E-state index contributed by atoms with van der Waals surface area (Å²) in [4.78, 5) is 5.16. The summed E-state index contributed by atoms with van der Waals surface area (Å²) >= 11 is 1.46. The van der Waals surface area contributed by atoms with Crippen LogP contribution in [-0.4, -0.2) is 10.1 Å². The van der Waals surface area contributed by atoms with E-state index in [0.717, 1.165) is 15.5 Å². The Bertz CT molecular complexity index is 482. The van der Waals surface area contributed by atoms with Gasteiger partial charge < -0.3 is 5.11 Å². The highest BCUT2D eigenvalue weighted by Gasteiger charge is 2.03. The molecule has 0 saturated heterocycles. The van der Waals surface area contributed by atoms with Crippen LogP contribution in [0.4, 0.5) is 4.39 Å². The minimum Gasteiger partial charge on any atom is -0.389 e. The number of rotatable bonds is 3. The molecule has 0 fully saturated rings. The molecule has 0 radical (unpaired) electrons. The lowest BCUT2D eigenvalue weighted by atomic mass is 10.2. The van der Waals surface area contributed by atoms with Crippen LogP contribution in [0, 0.1) is 5.82 Å². The number of pyridine rings is 1. The number of hydrogen-bond acceptors (Lipinski definition) is 3. The lowest BCUT2D eigenvalue weighted by Crippen LogP contribution is -1.92. The van der Waals surface area contributed by atoms with Gasteiger partial charge >= 0.3 is 0 Å². The van der Waals surface area contributed by atoms with Gasteiger partial charge in [-0.25, -0.2) is 9.37 Å². The molecular weight excluding hydrogens is 237 g/mol. The highest BCUT2D eigenvalue weighted by molar-refractivity contribution is 7.99. The van der Waals surface area contributed by atoms with Crippen molar-refractivity contribution in [2.75, 3.05) is 0 Å². The fourth-order valence-corrected chi connectivity index (χ4v) is 2.08. The van der Waals surface area contributed by atoms with Crippen LogP contribution >= 0.6 is 11.8 Å². The van der Waals surface area contributed by atoms with Crippen LogP contribution < -0.4 is 0 Å². The van der Waals surface area contributed by atoms with Crippen molar-refractivity contribution in [1.82, 2.24) is 4.98 Å². The average Bonchev–Trinajstić information content (AvgIpc) is 2.33. The molecule has 0 aliphatic carbocycles. The zero-order valence-corrected chi connectivity index (χ0v) is 10.1. The number of halogens is 1. The summed E-state index contributed by atoms with van der Waals surface area (Å²) in [5, 5.41) is 10.2. The SMILES string of the molecule is CC(O)c1ccc(Sc2ccc(F)cc2)nc1. The van der Waals surface area contributed by atoms with E-state index in [1.54, 1.807) is 25.3 Å². The Labute approximate surface area is 104 Å². The Morgan fingerprint density at radius 3 is 2.41 bits per heavy atom. The van der Waals surface area contributed by atoms with Gasteiger partial charge in [0.2, 0.25) is 0 Å². The molecule has 1 aromatic heterocycles. The Kier molecular flexibility index (Phi) is 3.76. The third-order valence-corrected chi connectivity index (χ3v) is 3.24. The molecule has 0 saturated carbocycles. The molecule has 2 nitrogen and oxygen atoms in total. The lowest BCUT2D eigenvalue weighted by Gasteiger charge is -2.05. The molecule has 1 aromatic carbocycles. The maximum Gasteiger partial charge on any atom is 0.123 e. The van der Waals surface area contributed by atoms with Crippen molar-refractivity contribution in [3.05, 3.63) is 54.0 Å². The Morgan fingerprint density at radius 2 is 1.88 bits per heavy atom. The number of aliphatic hydroxyl groups excluding tert-OH is 1. The lowest BCUT2D eigenvalue weighted by molar-refractivity contribution is 0.198. The molecule has 0 spiro atoms. The predicted octanol–water partition coefficient (Wildman–Crippen LogP) is 3.43. The van der Waals surface area contributed by atoms with Gasteiger partial charge in [-0.2, -0.15) is 0 Å². The Hall–Kier alpha value is -1.39. The second-order valence-corrected chi connectivity index (χ2v) is 4.76. The van der Waals surface area contributed by atoms with Crippen LogP contribution in [0.15, 0.2) is 52.5 Å². The second-order valence-electron chi connectivity index (χ2n) is 3.66. The smallest absolute Gasteiger partial charge is 0.123 e. The zero-order valence-electron chi connectivity index (χ0n) is 9.30. The van der Waals surface area contributed by atoms with Gasteiger partial charge in [-0.1, -0.05) is 17.8 Å². The van der Waals surface area contributed by atoms with E-state index in [-0.39, 0.29) is 5.82 Å². The van der Waals surface area contributed by atoms with Crippen molar-refractivity contribution in [2.24, 2.45) is 0 Å². The van der Waals surface area contributed by atoms with E-state index in [2.05, 4.69) is 4.98 Å². The van der Waals surface area contributed by atoms with Gasteiger partial charge in [-0.15, -0.1) is 0 Å². The van der Waals surface area contributed by atoms with Gasteiger partial charge in [0.05, 0.1) is 6.10 Å². The first-order valence-corrected chi connectivity index (χ1v) is 6.04. The summed E-state index contributed by atoms with van der Waals surface area (Å²) in [5.74, 6) is -0.244. The summed E-state index contributed by atoms with van der Waals surface area (Å²) in [7, 11) is 0. The van der Waals surface area contributed by atoms with E-state index in [9.17, 15) is 9.50 Å². The monoisotopic (exact) mass is 249 g/mol. The van der Waals surface area contributed by atoms with Crippen LogP contribution in [0.3, 0.4) is 0 Å². The summed E-state index contributed by atoms with van der Waals surface area (Å²) in [5.41, 5.74) is 0.786. The Morgan fingerprint density at radius 1 is 1.18 bits per heavy atom. The second kappa shape index (κ2) is 5.29. The first kappa shape index (κ1) is 12.1. The summed E-state index contributed by atoms with van der Waals surface area (Å²) in [6, 6.07) is 9.95. The number of aliphatic hydroxyl groups is 1. The van der Waals surface area contributed by atoms with E-state index in [1.807, 2.05) is 12.1 Å². The van der Waals surface area contributed by atoms with Crippen LogP contribution in [0.2, 0.25) is 0 Å². The third kappa shape index (κ3) is 3.28. The van der Waals surface area contributed by atoms with Crippen molar-refractivity contribution in [3.8, 4) is 0 Å². The van der Waals surface area contributed by atoms with E-state index >= 15 is 0 Å². The minimum atomic E-state index is -0.507. The standard InChI is InChI=1S/C13H12FNOS/c1-9(16)10-2-7-13(15-8-10)17-12-5-3-11(14)4-6-12/h2-9,16H,1H3. The number of benzene rings is 1. The van der Waals surface area contributed by atoms with E-state index < -0.39 is 6.10 Å². The molecule has 2 aromatic rings. The van der Waals surface area contributed by atoms with Crippen molar-refractivity contribution in [1.29, 1.82) is 0 Å². The molecule has 0 amide bonds. The summed E-state index contributed by atoms with van der Waals surface area (Å²) in [6.07, 6.45) is 1.14. The maximum absolute atomic E-state index is 12.7. The maximum atomic E-state index is 12.7. The van der Waals surface area contributed by atoms with E-state index in [4.69, 9.17) is 0 Å². The molecule has 0 aliphatic heterocycles. The molecule has 1 heterocycles. The van der Waals surface area contributed by atoms with Crippen molar-refractivity contribution >= 4 is 11.8 Å². The molecule has 0 aliphatic rings. The minimum absolute atomic E-state index is 0.244. The van der Waals surface area contributed by atoms with E-state index in [1.165, 1.54) is 23.9 Å². The van der Waals surface area contributed by atoms with E-state index in [0.29, 0.717) is 0 Å². The van der Waals surface area contributed by atoms with Gasteiger partial charge in [0.1, 0.15) is 10.8 Å². The number of nitrogens with zero attached hydrogens (tertiary/aromatic N) is 1. The van der Waals surface area contributed by atoms with Gasteiger partial charge in [0.15, 0.2) is 0 Å².